The molecule has 6 nitrogen and oxygen atoms in total. The van der Waals surface area contributed by atoms with E-state index in [-0.39, 0.29) is 24.2 Å². The van der Waals surface area contributed by atoms with Crippen molar-refractivity contribution in [3.8, 4) is 0 Å². The zero-order chi connectivity index (χ0) is 19.8. The van der Waals surface area contributed by atoms with Gasteiger partial charge in [0.05, 0.1) is 12.1 Å². The molecule has 3 heterocycles. The lowest BCUT2D eigenvalue weighted by atomic mass is 10.0. The van der Waals surface area contributed by atoms with Crippen molar-refractivity contribution in [2.75, 3.05) is 13.1 Å². The van der Waals surface area contributed by atoms with Crippen molar-refractivity contribution in [2.45, 2.75) is 25.8 Å². The summed E-state index contributed by atoms with van der Waals surface area (Å²) in [5.41, 5.74) is 9.02. The second kappa shape index (κ2) is 7.37. The van der Waals surface area contributed by atoms with E-state index in [9.17, 15) is 9.59 Å². The number of carbonyl (C=O) groups is 2. The average Bonchev–Trinajstić information content (AvgIpc) is 3.25. The van der Waals surface area contributed by atoms with Crippen LogP contribution in [0.25, 0.3) is 10.9 Å². The standard InChI is InChI=1S/C21H21ClN4O2/c1-12-4-6-24-18(8-12)21(28)20-16(10-19(27)26-7-5-14(23)11-26)15-9-13(22)2-3-17(15)25-20/h2-4,6,8-9,14,25H,5,7,10-11,23H2,1H3. The highest BCUT2D eigenvalue weighted by Gasteiger charge is 2.27. The highest BCUT2D eigenvalue weighted by atomic mass is 35.5. The molecule has 3 aromatic rings. The zero-order valence-electron chi connectivity index (χ0n) is 15.5. The number of benzene rings is 1. The number of nitrogens with zero attached hydrogens (tertiary/aromatic N) is 2. The molecule has 4 rings (SSSR count). The molecule has 0 bridgehead atoms. The molecule has 0 aliphatic carbocycles. The molecule has 1 saturated heterocycles. The maximum Gasteiger partial charge on any atom is 0.227 e. The van der Waals surface area contributed by atoms with Gasteiger partial charge >= 0.3 is 0 Å². The lowest BCUT2D eigenvalue weighted by Crippen LogP contribution is -2.33. The number of likely N-dealkylation sites (tertiary alicyclic amines) is 1. The van der Waals surface area contributed by atoms with E-state index in [0.29, 0.717) is 35.1 Å². The fourth-order valence-electron chi connectivity index (χ4n) is 3.66. The molecule has 3 N–H and O–H groups in total. The molecule has 28 heavy (non-hydrogen) atoms. The molecule has 0 spiro atoms. The second-order valence-corrected chi connectivity index (χ2v) is 7.72. The number of pyridine rings is 1. The summed E-state index contributed by atoms with van der Waals surface area (Å²) in [6.07, 6.45) is 2.52. The molecule has 7 heteroatoms. The Hall–Kier alpha value is -2.70. The molecule has 1 amide bonds. The van der Waals surface area contributed by atoms with E-state index in [1.165, 1.54) is 0 Å². The zero-order valence-corrected chi connectivity index (χ0v) is 16.3. The minimum Gasteiger partial charge on any atom is -0.352 e. The van der Waals surface area contributed by atoms with Crippen LogP contribution in [0, 0.1) is 6.92 Å². The van der Waals surface area contributed by atoms with Gasteiger partial charge in [-0.05, 0) is 54.8 Å². The highest BCUT2D eigenvalue weighted by Crippen LogP contribution is 2.28. The van der Waals surface area contributed by atoms with Gasteiger partial charge in [0.2, 0.25) is 11.7 Å². The van der Waals surface area contributed by atoms with E-state index in [4.69, 9.17) is 17.3 Å². The predicted molar refractivity (Wildman–Crippen MR) is 109 cm³/mol. The minimum atomic E-state index is -0.239. The van der Waals surface area contributed by atoms with E-state index in [1.807, 2.05) is 19.1 Å². The third kappa shape index (κ3) is 3.53. The van der Waals surface area contributed by atoms with E-state index >= 15 is 0 Å². The fourth-order valence-corrected chi connectivity index (χ4v) is 3.83. The first-order valence-corrected chi connectivity index (χ1v) is 9.61. The first-order chi connectivity index (χ1) is 13.4. The van der Waals surface area contributed by atoms with E-state index in [0.717, 1.165) is 22.9 Å². The molecule has 1 aliphatic heterocycles. The maximum atomic E-state index is 13.2. The van der Waals surface area contributed by atoms with Crippen LogP contribution in [0.15, 0.2) is 36.5 Å². The van der Waals surface area contributed by atoms with Crippen LogP contribution in [-0.4, -0.2) is 45.7 Å². The van der Waals surface area contributed by atoms with E-state index in [1.54, 1.807) is 29.3 Å². The van der Waals surface area contributed by atoms with Crippen molar-refractivity contribution in [1.29, 1.82) is 0 Å². The number of amides is 1. The SMILES string of the molecule is Cc1ccnc(C(=O)c2[nH]c3ccc(Cl)cc3c2CC(=O)N2CCC(N)C2)c1. The summed E-state index contributed by atoms with van der Waals surface area (Å²) >= 11 is 6.18. The van der Waals surface area contributed by atoms with Gasteiger partial charge in [-0.25, -0.2) is 0 Å². The maximum absolute atomic E-state index is 13.2. The third-order valence-electron chi connectivity index (χ3n) is 5.15. The monoisotopic (exact) mass is 396 g/mol. The number of aromatic amines is 1. The molecule has 1 aliphatic rings. The molecule has 1 fully saturated rings. The largest absolute Gasteiger partial charge is 0.352 e. The van der Waals surface area contributed by atoms with Crippen molar-refractivity contribution in [2.24, 2.45) is 5.73 Å². The van der Waals surface area contributed by atoms with Gasteiger partial charge in [0, 0.05) is 41.3 Å². The molecule has 0 saturated carbocycles. The number of halogens is 1. The van der Waals surface area contributed by atoms with Crippen LogP contribution in [0.2, 0.25) is 5.02 Å². The Balaban J connectivity index is 1.76. The first-order valence-electron chi connectivity index (χ1n) is 9.23. The van der Waals surface area contributed by atoms with Gasteiger partial charge in [-0.1, -0.05) is 11.6 Å². The van der Waals surface area contributed by atoms with Crippen LogP contribution in [0.1, 0.15) is 33.7 Å². The summed E-state index contributed by atoms with van der Waals surface area (Å²) in [5, 5.41) is 1.33. The van der Waals surface area contributed by atoms with Crippen LogP contribution in [-0.2, 0) is 11.2 Å². The molecule has 1 unspecified atom stereocenters. The van der Waals surface area contributed by atoms with Gasteiger partial charge in [0.25, 0.3) is 0 Å². The number of hydrogen-bond donors (Lipinski definition) is 2. The molecule has 1 atom stereocenters. The number of ketones is 1. The molecule has 144 valence electrons. The van der Waals surface area contributed by atoms with E-state index < -0.39 is 0 Å². The summed E-state index contributed by atoms with van der Waals surface area (Å²) in [5.74, 6) is -0.281. The Morgan fingerprint density at radius 1 is 1.32 bits per heavy atom. The molecular weight excluding hydrogens is 376 g/mol. The third-order valence-corrected chi connectivity index (χ3v) is 5.38. The van der Waals surface area contributed by atoms with Crippen LogP contribution in [0.3, 0.4) is 0 Å². The molecule has 2 aromatic heterocycles. The highest BCUT2D eigenvalue weighted by molar-refractivity contribution is 6.31. The average molecular weight is 397 g/mol. The van der Waals surface area contributed by atoms with Gasteiger partial charge in [-0.3, -0.25) is 14.6 Å². The number of carbonyl (C=O) groups excluding carboxylic acids is 2. The minimum absolute atomic E-state index is 0.0129. The number of aromatic nitrogens is 2. The number of nitrogens with two attached hydrogens (primary N) is 1. The number of hydrogen-bond acceptors (Lipinski definition) is 4. The van der Waals surface area contributed by atoms with Crippen molar-refractivity contribution in [1.82, 2.24) is 14.9 Å². The van der Waals surface area contributed by atoms with E-state index in [2.05, 4.69) is 9.97 Å². The van der Waals surface area contributed by atoms with Crippen molar-refractivity contribution in [3.05, 3.63) is 64.1 Å². The van der Waals surface area contributed by atoms with Gasteiger partial charge in [-0.15, -0.1) is 0 Å². The number of rotatable bonds is 4. The lowest BCUT2D eigenvalue weighted by Gasteiger charge is -2.16. The summed E-state index contributed by atoms with van der Waals surface area (Å²) in [4.78, 5) is 35.1. The van der Waals surface area contributed by atoms with Crippen molar-refractivity contribution >= 4 is 34.2 Å². The fraction of sp³-hybridized carbons (Fsp3) is 0.286. The number of aryl methyl sites for hydroxylation is 1. The summed E-state index contributed by atoms with van der Waals surface area (Å²) < 4.78 is 0. The summed E-state index contributed by atoms with van der Waals surface area (Å²) in [7, 11) is 0. The second-order valence-electron chi connectivity index (χ2n) is 7.28. The summed E-state index contributed by atoms with van der Waals surface area (Å²) in [6.45, 7) is 3.10. The van der Waals surface area contributed by atoms with Crippen LogP contribution < -0.4 is 5.73 Å². The quantitative estimate of drug-likeness (QED) is 0.663. The van der Waals surface area contributed by atoms with Crippen molar-refractivity contribution < 1.29 is 9.59 Å². The molecule has 1 aromatic carbocycles. The Bertz CT molecular complexity index is 1080. The molecular formula is C21H21ClN4O2. The smallest absolute Gasteiger partial charge is 0.227 e. The molecule has 0 radical (unpaired) electrons. The summed E-state index contributed by atoms with van der Waals surface area (Å²) in [6, 6.07) is 8.95. The van der Waals surface area contributed by atoms with Gasteiger partial charge in [0.1, 0.15) is 5.69 Å². The van der Waals surface area contributed by atoms with Gasteiger partial charge in [-0.2, -0.15) is 0 Å². The van der Waals surface area contributed by atoms with Crippen LogP contribution in [0.4, 0.5) is 0 Å². The van der Waals surface area contributed by atoms with Gasteiger partial charge < -0.3 is 15.6 Å². The Labute approximate surface area is 167 Å². The predicted octanol–water partition coefficient (Wildman–Crippen LogP) is 2.86. The topological polar surface area (TPSA) is 92.1 Å². The Kier molecular flexibility index (Phi) is 4.91. The Morgan fingerprint density at radius 3 is 2.86 bits per heavy atom. The van der Waals surface area contributed by atoms with Crippen LogP contribution in [0.5, 0.6) is 0 Å². The van der Waals surface area contributed by atoms with Crippen LogP contribution >= 0.6 is 11.6 Å². The number of fused-ring (bicyclic) bond motifs is 1. The normalized spacial score (nSPS) is 16.7. The lowest BCUT2D eigenvalue weighted by molar-refractivity contribution is -0.129. The first kappa shape index (κ1) is 18.7. The number of H-pyrrole nitrogens is 1. The Morgan fingerprint density at radius 2 is 2.14 bits per heavy atom. The van der Waals surface area contributed by atoms with Gasteiger partial charge in [0.15, 0.2) is 0 Å². The van der Waals surface area contributed by atoms with Crippen molar-refractivity contribution in [3.63, 3.8) is 0 Å². The number of nitrogens with one attached hydrogen (secondary N) is 1.